The summed E-state index contributed by atoms with van der Waals surface area (Å²) in [5.74, 6) is -0.806. The smallest absolute Gasteiger partial charge is 0.258 e. The van der Waals surface area contributed by atoms with Gasteiger partial charge >= 0.3 is 0 Å². The van der Waals surface area contributed by atoms with Crippen LogP contribution in [0.4, 0.5) is 0 Å². The van der Waals surface area contributed by atoms with Crippen LogP contribution >= 0.6 is 0 Å². The van der Waals surface area contributed by atoms with E-state index in [-0.39, 0.29) is 42.0 Å². The van der Waals surface area contributed by atoms with Gasteiger partial charge in [-0.2, -0.15) is 5.11 Å². The number of imide groups is 2. The van der Waals surface area contributed by atoms with Crippen molar-refractivity contribution < 1.29 is 19.2 Å². The Kier molecular flexibility index (Phi) is 4.69. The quantitative estimate of drug-likeness (QED) is 0.679. The van der Waals surface area contributed by atoms with E-state index in [9.17, 15) is 19.2 Å². The molecule has 4 rings (SSSR count). The first kappa shape index (κ1) is 18.1. The van der Waals surface area contributed by atoms with Gasteiger partial charge in [0.15, 0.2) is 12.1 Å². The van der Waals surface area contributed by atoms with Gasteiger partial charge in [-0.1, -0.05) is 24.5 Å². The molecule has 4 amide bonds. The molecule has 0 bridgehead atoms. The Morgan fingerprint density at radius 3 is 2.52 bits per heavy atom. The lowest BCUT2D eigenvalue weighted by Gasteiger charge is -2.37. The fourth-order valence-corrected chi connectivity index (χ4v) is 4.79. The maximum atomic E-state index is 12.8. The Labute approximate surface area is 157 Å². The lowest BCUT2D eigenvalue weighted by atomic mass is 9.81. The second-order valence-corrected chi connectivity index (χ2v) is 7.92. The number of likely N-dealkylation sites (tertiary alicyclic amines) is 2. The molecule has 2 saturated heterocycles. The van der Waals surface area contributed by atoms with Gasteiger partial charge in [-0.05, 0) is 25.2 Å². The molecule has 0 aromatic rings. The van der Waals surface area contributed by atoms with E-state index in [1.807, 2.05) is 0 Å². The zero-order chi connectivity index (χ0) is 19.1. The molecule has 2 unspecified atom stereocenters. The predicted molar refractivity (Wildman–Crippen MR) is 93.0 cm³/mol. The summed E-state index contributed by atoms with van der Waals surface area (Å²) >= 11 is 0. The second kappa shape index (κ2) is 7.01. The molecule has 0 radical (unpaired) electrons. The maximum absolute atomic E-state index is 12.8. The minimum Gasteiger partial charge on any atom is -0.283 e. The standard InChI is InChI=1S/C18H25N5O4/c1-21-17(26)15-16(18(21)27)23(20-19-15)12(11-6-3-2-4-7-11)10-14(25)22-9-5-8-13(22)24/h11-12,15-16H,2-10H2,1H3/t12-,15?,16?/m1/s1. The van der Waals surface area contributed by atoms with Crippen molar-refractivity contribution in [3.63, 3.8) is 0 Å². The van der Waals surface area contributed by atoms with Gasteiger partial charge in [0.05, 0.1) is 6.04 Å². The third-order valence-electron chi connectivity index (χ3n) is 6.32. The Balaban J connectivity index is 1.57. The summed E-state index contributed by atoms with van der Waals surface area (Å²) in [5, 5.41) is 9.81. The minimum absolute atomic E-state index is 0.129. The van der Waals surface area contributed by atoms with Crippen molar-refractivity contribution in [2.45, 2.75) is 69.5 Å². The van der Waals surface area contributed by atoms with Crippen LogP contribution in [-0.4, -0.2) is 70.2 Å². The SMILES string of the molecule is CN1C(=O)C2N=NN([C@H](CC(=O)N3CCCC3=O)C3CCCCC3)C2C1=O. The highest BCUT2D eigenvalue weighted by Gasteiger charge is 2.55. The van der Waals surface area contributed by atoms with E-state index in [1.165, 1.54) is 11.9 Å². The van der Waals surface area contributed by atoms with Crippen molar-refractivity contribution in [2.24, 2.45) is 16.3 Å². The first-order chi connectivity index (χ1) is 13.0. The first-order valence-electron chi connectivity index (χ1n) is 9.82. The summed E-state index contributed by atoms with van der Waals surface area (Å²) in [5.41, 5.74) is 0. The van der Waals surface area contributed by atoms with Gasteiger partial charge in [0.1, 0.15) is 0 Å². The van der Waals surface area contributed by atoms with Crippen molar-refractivity contribution >= 4 is 23.6 Å². The topological polar surface area (TPSA) is 103 Å². The predicted octanol–water partition coefficient (Wildman–Crippen LogP) is 0.893. The van der Waals surface area contributed by atoms with Crippen LogP contribution in [0, 0.1) is 5.92 Å². The lowest BCUT2D eigenvalue weighted by molar-refractivity contribution is -0.145. The zero-order valence-electron chi connectivity index (χ0n) is 15.5. The number of carbonyl (C=O) groups excluding carboxylic acids is 4. The Morgan fingerprint density at radius 1 is 1.11 bits per heavy atom. The van der Waals surface area contributed by atoms with Gasteiger partial charge in [-0.25, -0.2) is 0 Å². The van der Waals surface area contributed by atoms with Gasteiger partial charge in [0, 0.05) is 26.4 Å². The van der Waals surface area contributed by atoms with Gasteiger partial charge in [0.2, 0.25) is 11.8 Å². The molecule has 3 fully saturated rings. The highest BCUT2D eigenvalue weighted by molar-refractivity contribution is 6.09. The van der Waals surface area contributed by atoms with Crippen LogP contribution in [0.25, 0.3) is 0 Å². The van der Waals surface area contributed by atoms with Crippen LogP contribution in [0.3, 0.4) is 0 Å². The fourth-order valence-electron chi connectivity index (χ4n) is 4.79. The molecule has 0 aromatic heterocycles. The van der Waals surface area contributed by atoms with Gasteiger partial charge < -0.3 is 0 Å². The average molecular weight is 375 g/mol. The van der Waals surface area contributed by atoms with Crippen molar-refractivity contribution in [2.75, 3.05) is 13.6 Å². The molecule has 9 nitrogen and oxygen atoms in total. The molecule has 0 aromatic carbocycles. The molecule has 1 saturated carbocycles. The number of likely N-dealkylation sites (N-methyl/N-ethyl adjacent to an activating group) is 1. The largest absolute Gasteiger partial charge is 0.283 e. The highest BCUT2D eigenvalue weighted by Crippen LogP contribution is 2.37. The molecule has 4 aliphatic rings. The Hall–Kier alpha value is -2.32. The van der Waals surface area contributed by atoms with Crippen molar-refractivity contribution in [3.8, 4) is 0 Å². The molecule has 0 N–H and O–H groups in total. The van der Waals surface area contributed by atoms with Crippen molar-refractivity contribution in [1.29, 1.82) is 0 Å². The minimum atomic E-state index is -0.808. The molecule has 3 atom stereocenters. The van der Waals surface area contributed by atoms with Crippen LogP contribution in [0.1, 0.15) is 51.4 Å². The molecule has 27 heavy (non-hydrogen) atoms. The summed E-state index contributed by atoms with van der Waals surface area (Å²) in [6, 6.07) is -1.87. The van der Waals surface area contributed by atoms with E-state index in [4.69, 9.17) is 0 Å². The van der Waals surface area contributed by atoms with Crippen LogP contribution in [-0.2, 0) is 19.2 Å². The number of nitrogens with zero attached hydrogens (tertiary/aromatic N) is 5. The van der Waals surface area contributed by atoms with Crippen LogP contribution in [0.5, 0.6) is 0 Å². The Bertz CT molecular complexity index is 702. The number of fused-ring (bicyclic) bond motifs is 1. The van der Waals surface area contributed by atoms with E-state index in [0.29, 0.717) is 19.4 Å². The normalized spacial score (nSPS) is 29.8. The van der Waals surface area contributed by atoms with E-state index < -0.39 is 12.1 Å². The van der Waals surface area contributed by atoms with E-state index in [1.54, 1.807) is 5.01 Å². The molecule has 3 aliphatic heterocycles. The Morgan fingerprint density at radius 2 is 1.85 bits per heavy atom. The summed E-state index contributed by atoms with van der Waals surface area (Å²) in [6.45, 7) is 0.461. The number of amides is 4. The van der Waals surface area contributed by atoms with Gasteiger partial charge in [0.25, 0.3) is 11.8 Å². The maximum Gasteiger partial charge on any atom is 0.258 e. The fraction of sp³-hybridized carbons (Fsp3) is 0.778. The second-order valence-electron chi connectivity index (χ2n) is 7.92. The number of rotatable bonds is 4. The van der Waals surface area contributed by atoms with E-state index in [2.05, 4.69) is 10.3 Å². The molecular weight excluding hydrogens is 350 g/mol. The average Bonchev–Trinajstić information content (AvgIpc) is 3.35. The molecular formula is C18H25N5O4. The number of hydrogen-bond donors (Lipinski definition) is 0. The third kappa shape index (κ3) is 3.02. The number of hydrogen-bond acceptors (Lipinski definition) is 7. The molecule has 9 heteroatoms. The van der Waals surface area contributed by atoms with Gasteiger partial charge in [-0.3, -0.25) is 34.0 Å². The van der Waals surface area contributed by atoms with Crippen LogP contribution in [0.15, 0.2) is 10.3 Å². The summed E-state index contributed by atoms with van der Waals surface area (Å²) < 4.78 is 0. The molecule has 1 aliphatic carbocycles. The summed E-state index contributed by atoms with van der Waals surface area (Å²) in [6.07, 6.45) is 6.45. The first-order valence-corrected chi connectivity index (χ1v) is 9.82. The van der Waals surface area contributed by atoms with Crippen LogP contribution < -0.4 is 0 Å². The van der Waals surface area contributed by atoms with E-state index in [0.717, 1.165) is 37.0 Å². The number of carbonyl (C=O) groups is 4. The summed E-state index contributed by atoms with van der Waals surface area (Å²) in [7, 11) is 1.46. The van der Waals surface area contributed by atoms with Crippen molar-refractivity contribution in [1.82, 2.24) is 14.8 Å². The third-order valence-corrected chi connectivity index (χ3v) is 6.32. The molecule has 146 valence electrons. The molecule has 0 spiro atoms. The lowest BCUT2D eigenvalue weighted by Crippen LogP contribution is -2.50. The molecule has 3 heterocycles. The van der Waals surface area contributed by atoms with Crippen LogP contribution in [0.2, 0.25) is 0 Å². The highest BCUT2D eigenvalue weighted by atomic mass is 16.2. The zero-order valence-corrected chi connectivity index (χ0v) is 15.5. The monoisotopic (exact) mass is 375 g/mol. The van der Waals surface area contributed by atoms with Gasteiger partial charge in [-0.15, -0.1) is 0 Å². The summed E-state index contributed by atoms with van der Waals surface area (Å²) in [4.78, 5) is 52.0. The van der Waals surface area contributed by atoms with E-state index >= 15 is 0 Å². The van der Waals surface area contributed by atoms with Crippen molar-refractivity contribution in [3.05, 3.63) is 0 Å².